The van der Waals surface area contributed by atoms with Gasteiger partial charge in [-0.3, -0.25) is 19.6 Å². The number of nitro groups is 1. The Balaban J connectivity index is 1.66. The van der Waals surface area contributed by atoms with Crippen LogP contribution in [0.4, 0.5) is 5.69 Å². The molecule has 26 heavy (non-hydrogen) atoms. The van der Waals surface area contributed by atoms with Crippen molar-refractivity contribution in [2.75, 3.05) is 0 Å². The van der Waals surface area contributed by atoms with Crippen molar-refractivity contribution in [3.05, 3.63) is 78.7 Å². The second-order valence-corrected chi connectivity index (χ2v) is 6.99. The van der Waals surface area contributed by atoms with Gasteiger partial charge < -0.3 is 0 Å². The summed E-state index contributed by atoms with van der Waals surface area (Å²) in [5.74, 6) is -0.438. The van der Waals surface area contributed by atoms with Crippen LogP contribution >= 0.6 is 27.3 Å². The van der Waals surface area contributed by atoms with Gasteiger partial charge in [0.1, 0.15) is 0 Å². The van der Waals surface area contributed by atoms with Gasteiger partial charge in [0.2, 0.25) is 0 Å². The van der Waals surface area contributed by atoms with Gasteiger partial charge in [0, 0.05) is 23.2 Å². The van der Waals surface area contributed by atoms with Crippen molar-refractivity contribution in [2.24, 2.45) is 5.10 Å². The maximum Gasteiger partial charge on any atom is 0.293 e. The second-order valence-electron chi connectivity index (χ2n) is 5.16. The molecule has 3 rings (SSSR count). The van der Waals surface area contributed by atoms with Crippen LogP contribution in [0.5, 0.6) is 0 Å². The largest absolute Gasteiger partial charge is 0.293 e. The fourth-order valence-electron chi connectivity index (χ4n) is 2.11. The molecule has 0 aliphatic carbocycles. The summed E-state index contributed by atoms with van der Waals surface area (Å²) >= 11 is 4.82. The summed E-state index contributed by atoms with van der Waals surface area (Å²) in [6.07, 6.45) is 3.23. The van der Waals surface area contributed by atoms with Crippen LogP contribution in [0.25, 0.3) is 0 Å². The van der Waals surface area contributed by atoms with E-state index in [0.717, 1.165) is 10.4 Å². The number of benzene rings is 1. The number of hydrazone groups is 1. The smallest absolute Gasteiger partial charge is 0.266 e. The molecule has 0 radical (unpaired) electrons. The number of hydrogen-bond donors (Lipinski definition) is 1. The lowest BCUT2D eigenvalue weighted by molar-refractivity contribution is -0.384. The number of aromatic nitrogens is 2. The lowest BCUT2D eigenvalue weighted by Crippen LogP contribution is -2.19. The van der Waals surface area contributed by atoms with Gasteiger partial charge in [-0.15, -0.1) is 11.3 Å². The molecule has 132 valence electrons. The molecular weight excluding hydrogens is 422 g/mol. The van der Waals surface area contributed by atoms with E-state index in [-0.39, 0.29) is 11.4 Å². The molecule has 0 saturated heterocycles. The summed E-state index contributed by atoms with van der Waals surface area (Å²) in [7, 11) is 0. The van der Waals surface area contributed by atoms with Crippen molar-refractivity contribution in [1.82, 2.24) is 15.2 Å². The fourth-order valence-corrected chi connectivity index (χ4v) is 3.19. The highest BCUT2D eigenvalue weighted by Gasteiger charge is 2.15. The second kappa shape index (κ2) is 8.02. The Morgan fingerprint density at radius 1 is 1.38 bits per heavy atom. The molecule has 0 atom stereocenters. The number of carbonyl (C=O) groups excluding carboxylic acids is 1. The first kappa shape index (κ1) is 18.0. The molecule has 0 saturated carbocycles. The van der Waals surface area contributed by atoms with Gasteiger partial charge in [-0.25, -0.2) is 5.43 Å². The Kier molecular flexibility index (Phi) is 5.54. The van der Waals surface area contributed by atoms with Gasteiger partial charge >= 0.3 is 0 Å². The van der Waals surface area contributed by atoms with Crippen LogP contribution in [0.3, 0.4) is 0 Å². The fraction of sp³-hybridized carbons (Fsp3) is 0.0625. The zero-order chi connectivity index (χ0) is 18.5. The molecule has 2 heterocycles. The number of non-ortho nitro benzene ring substituents is 1. The minimum Gasteiger partial charge on any atom is -0.266 e. The molecule has 0 aliphatic rings. The molecule has 8 nitrogen and oxygen atoms in total. The van der Waals surface area contributed by atoms with E-state index in [2.05, 4.69) is 31.6 Å². The van der Waals surface area contributed by atoms with E-state index in [1.807, 2.05) is 17.5 Å². The summed E-state index contributed by atoms with van der Waals surface area (Å²) in [5, 5.41) is 20.7. The number of halogens is 1. The lowest BCUT2D eigenvalue weighted by Gasteiger charge is -2.01. The average molecular weight is 434 g/mol. The molecule has 1 aromatic carbocycles. The van der Waals surface area contributed by atoms with Gasteiger partial charge in [-0.1, -0.05) is 18.2 Å². The van der Waals surface area contributed by atoms with Gasteiger partial charge in [-0.2, -0.15) is 10.2 Å². The Morgan fingerprint density at radius 3 is 2.81 bits per heavy atom. The number of rotatable bonds is 6. The predicted octanol–water partition coefficient (Wildman–Crippen LogP) is 3.43. The Morgan fingerprint density at radius 2 is 2.15 bits per heavy atom. The van der Waals surface area contributed by atoms with Gasteiger partial charge in [0.25, 0.3) is 11.6 Å². The molecular formula is C16H12BrN5O3S. The van der Waals surface area contributed by atoms with Crippen molar-refractivity contribution in [3.63, 3.8) is 0 Å². The third-order valence-corrected chi connectivity index (χ3v) is 4.71. The van der Waals surface area contributed by atoms with Crippen molar-refractivity contribution in [3.8, 4) is 0 Å². The monoisotopic (exact) mass is 433 g/mol. The number of nitrogens with one attached hydrogen (secondary N) is 1. The van der Waals surface area contributed by atoms with E-state index in [4.69, 9.17) is 0 Å². The summed E-state index contributed by atoms with van der Waals surface area (Å²) in [4.78, 5) is 23.3. The van der Waals surface area contributed by atoms with E-state index in [1.54, 1.807) is 29.2 Å². The average Bonchev–Trinajstić information content (AvgIpc) is 3.25. The van der Waals surface area contributed by atoms with Crippen molar-refractivity contribution in [2.45, 2.75) is 6.54 Å². The topological polar surface area (TPSA) is 102 Å². The van der Waals surface area contributed by atoms with Crippen LogP contribution in [0, 0.1) is 10.1 Å². The molecule has 0 aliphatic heterocycles. The highest BCUT2D eigenvalue weighted by Crippen LogP contribution is 2.17. The van der Waals surface area contributed by atoms with E-state index >= 15 is 0 Å². The number of hydrogen-bond acceptors (Lipinski definition) is 6. The van der Waals surface area contributed by atoms with Gasteiger partial charge in [0.05, 0.1) is 22.2 Å². The molecule has 0 fully saturated rings. The molecule has 1 N–H and O–H groups in total. The first-order valence-electron chi connectivity index (χ1n) is 7.36. The lowest BCUT2D eigenvalue weighted by atomic mass is 10.2. The summed E-state index contributed by atoms with van der Waals surface area (Å²) in [5.41, 5.74) is 3.49. The zero-order valence-electron chi connectivity index (χ0n) is 13.2. The standard InChI is InChI=1S/C16H12BrN5O3S/c17-14-10-21(9-11-3-5-12(6-4-11)22(24)25)20-15(14)16(23)19-18-8-13-2-1-7-26-13/h1-8,10H,9H2,(H,19,23)/b18-8-. The van der Waals surface area contributed by atoms with Gasteiger partial charge in [0.15, 0.2) is 5.69 Å². The molecule has 10 heteroatoms. The molecule has 3 aromatic rings. The maximum absolute atomic E-state index is 12.2. The summed E-state index contributed by atoms with van der Waals surface area (Å²) in [6, 6.07) is 9.94. The predicted molar refractivity (Wildman–Crippen MR) is 102 cm³/mol. The minimum atomic E-state index is -0.451. The third kappa shape index (κ3) is 4.41. The van der Waals surface area contributed by atoms with Crippen LogP contribution in [-0.2, 0) is 6.54 Å². The number of carbonyl (C=O) groups is 1. The van der Waals surface area contributed by atoms with Crippen LogP contribution in [-0.4, -0.2) is 26.8 Å². The number of nitro benzene ring substituents is 1. The minimum absolute atomic E-state index is 0.0269. The first-order valence-corrected chi connectivity index (χ1v) is 9.03. The SMILES string of the molecule is O=C(N/N=C\c1cccs1)c1nn(Cc2ccc([N+](=O)[O-])cc2)cc1Br. The molecule has 1 amide bonds. The number of thiophene rings is 1. The Hall–Kier alpha value is -2.85. The highest BCUT2D eigenvalue weighted by molar-refractivity contribution is 9.10. The summed E-state index contributed by atoms with van der Waals surface area (Å²) in [6.45, 7) is 0.377. The number of nitrogens with zero attached hydrogens (tertiary/aromatic N) is 4. The molecule has 0 spiro atoms. The van der Waals surface area contributed by atoms with Crippen molar-refractivity contribution in [1.29, 1.82) is 0 Å². The third-order valence-electron chi connectivity index (χ3n) is 3.32. The van der Waals surface area contributed by atoms with Crippen LogP contribution < -0.4 is 5.43 Å². The van der Waals surface area contributed by atoms with E-state index in [9.17, 15) is 14.9 Å². The van der Waals surface area contributed by atoms with Crippen molar-refractivity contribution >= 4 is 45.1 Å². The molecule has 0 bridgehead atoms. The normalized spacial score (nSPS) is 11.0. The van der Waals surface area contributed by atoms with Crippen LogP contribution in [0.15, 0.2) is 57.5 Å². The Bertz CT molecular complexity index is 951. The summed E-state index contributed by atoms with van der Waals surface area (Å²) < 4.78 is 2.10. The zero-order valence-corrected chi connectivity index (χ0v) is 15.6. The number of amides is 1. The highest BCUT2D eigenvalue weighted by atomic mass is 79.9. The maximum atomic E-state index is 12.2. The van der Waals surface area contributed by atoms with Gasteiger partial charge in [-0.05, 0) is 32.9 Å². The van der Waals surface area contributed by atoms with Crippen LogP contribution in [0.1, 0.15) is 20.9 Å². The molecule has 0 unspecified atom stereocenters. The van der Waals surface area contributed by atoms with E-state index in [1.165, 1.54) is 23.5 Å². The first-order chi connectivity index (χ1) is 12.5. The van der Waals surface area contributed by atoms with Crippen LogP contribution in [0.2, 0.25) is 0 Å². The Labute approximate surface area is 160 Å². The molecule has 2 aromatic heterocycles. The van der Waals surface area contributed by atoms with E-state index in [0.29, 0.717) is 11.0 Å². The van der Waals surface area contributed by atoms with E-state index < -0.39 is 10.8 Å². The quantitative estimate of drug-likeness (QED) is 0.365. The van der Waals surface area contributed by atoms with Crippen molar-refractivity contribution < 1.29 is 9.72 Å².